The highest BCUT2D eigenvalue weighted by molar-refractivity contribution is 8.00. The summed E-state index contributed by atoms with van der Waals surface area (Å²) in [4.78, 5) is 23.2. The van der Waals surface area contributed by atoms with Crippen LogP contribution in [0.4, 0.5) is 15.6 Å². The molecule has 1 saturated heterocycles. The molecule has 10 heteroatoms. The van der Waals surface area contributed by atoms with E-state index in [4.69, 9.17) is 14.9 Å². The number of nitrogen functional groups attached to an aromatic ring is 1. The zero-order valence-electron chi connectivity index (χ0n) is 19.0. The van der Waals surface area contributed by atoms with Gasteiger partial charge in [0.2, 0.25) is 5.89 Å². The fourth-order valence-corrected chi connectivity index (χ4v) is 5.19. The van der Waals surface area contributed by atoms with E-state index in [9.17, 15) is 4.79 Å². The van der Waals surface area contributed by atoms with Crippen molar-refractivity contribution in [2.45, 2.75) is 55.0 Å². The fourth-order valence-electron chi connectivity index (χ4n) is 3.39. The molecule has 0 aliphatic carbocycles. The van der Waals surface area contributed by atoms with E-state index < -0.39 is 0 Å². The van der Waals surface area contributed by atoms with Crippen LogP contribution in [0, 0.1) is 0 Å². The lowest BCUT2D eigenvalue weighted by Gasteiger charge is -2.32. The minimum absolute atomic E-state index is 0.0487. The summed E-state index contributed by atoms with van der Waals surface area (Å²) < 4.78 is 12.4. The molecule has 0 unspecified atom stereocenters. The third kappa shape index (κ3) is 6.42. The quantitative estimate of drug-likeness (QED) is 0.353. The SMILES string of the molecule is CC(C)(C)c1cnc(CSc2cnc(N[C@@H]3CCCN(C(=O)Oc4ccc(N)cc4)C3)s2)o1. The Morgan fingerprint density at radius 1 is 1.30 bits per heavy atom. The number of amides is 1. The molecule has 1 aromatic carbocycles. The largest absolute Gasteiger partial charge is 0.444 e. The number of anilines is 2. The molecule has 2 aromatic heterocycles. The van der Waals surface area contributed by atoms with Gasteiger partial charge < -0.3 is 25.1 Å². The molecule has 176 valence electrons. The number of likely N-dealkylation sites (tertiary alicyclic amines) is 1. The van der Waals surface area contributed by atoms with Gasteiger partial charge in [0, 0.05) is 30.2 Å². The van der Waals surface area contributed by atoms with Crippen molar-refractivity contribution in [3.8, 4) is 5.75 Å². The Balaban J connectivity index is 1.27. The molecule has 8 nitrogen and oxygen atoms in total. The lowest BCUT2D eigenvalue weighted by molar-refractivity contribution is 0.139. The number of benzene rings is 1. The summed E-state index contributed by atoms with van der Waals surface area (Å²) in [6.07, 6.45) is 5.20. The first kappa shape index (κ1) is 23.4. The molecule has 3 heterocycles. The predicted octanol–water partition coefficient (Wildman–Crippen LogP) is 5.38. The van der Waals surface area contributed by atoms with E-state index in [1.54, 1.807) is 52.3 Å². The predicted molar refractivity (Wildman–Crippen MR) is 132 cm³/mol. The van der Waals surface area contributed by atoms with Gasteiger partial charge in [-0.25, -0.2) is 14.8 Å². The molecule has 1 aliphatic heterocycles. The molecule has 1 aliphatic rings. The number of nitrogens with zero attached hydrogens (tertiary/aromatic N) is 3. The fraction of sp³-hybridized carbons (Fsp3) is 0.435. The molecule has 1 fully saturated rings. The lowest BCUT2D eigenvalue weighted by Crippen LogP contribution is -2.46. The highest BCUT2D eigenvalue weighted by Gasteiger charge is 2.26. The number of aromatic nitrogens is 2. The maximum absolute atomic E-state index is 12.6. The lowest BCUT2D eigenvalue weighted by atomic mass is 9.94. The summed E-state index contributed by atoms with van der Waals surface area (Å²) >= 11 is 3.25. The number of hydrogen-bond acceptors (Lipinski definition) is 9. The van der Waals surface area contributed by atoms with Crippen LogP contribution in [-0.4, -0.2) is 40.1 Å². The van der Waals surface area contributed by atoms with Crippen molar-refractivity contribution >= 4 is 40.0 Å². The van der Waals surface area contributed by atoms with E-state index in [2.05, 4.69) is 36.1 Å². The molecule has 33 heavy (non-hydrogen) atoms. The first-order valence-electron chi connectivity index (χ1n) is 10.9. The van der Waals surface area contributed by atoms with Crippen LogP contribution in [0.15, 0.2) is 45.3 Å². The number of oxazole rings is 1. The number of thioether (sulfide) groups is 1. The molecule has 4 rings (SSSR count). The van der Waals surface area contributed by atoms with Gasteiger partial charge >= 0.3 is 6.09 Å². The molecule has 0 bridgehead atoms. The first-order valence-corrected chi connectivity index (χ1v) is 12.7. The second kappa shape index (κ2) is 10.0. The normalized spacial score (nSPS) is 16.6. The number of ether oxygens (including phenoxy) is 1. The number of nitrogens with one attached hydrogen (secondary N) is 1. The zero-order chi connectivity index (χ0) is 23.4. The Morgan fingerprint density at radius 2 is 2.09 bits per heavy atom. The number of thiazole rings is 1. The number of carbonyl (C=O) groups is 1. The van der Waals surface area contributed by atoms with E-state index in [-0.39, 0.29) is 17.6 Å². The maximum atomic E-state index is 12.6. The van der Waals surface area contributed by atoms with Crippen molar-refractivity contribution in [1.82, 2.24) is 14.9 Å². The molecule has 3 N–H and O–H groups in total. The summed E-state index contributed by atoms with van der Waals surface area (Å²) in [5, 5.41) is 4.31. The Bertz CT molecular complexity index is 1070. The van der Waals surface area contributed by atoms with Crippen molar-refractivity contribution in [2.75, 3.05) is 24.1 Å². The third-order valence-electron chi connectivity index (χ3n) is 5.21. The number of carbonyl (C=O) groups excluding carboxylic acids is 1. The molecule has 1 amide bonds. The van der Waals surface area contributed by atoms with Crippen LogP contribution in [0.2, 0.25) is 0 Å². The number of nitrogens with two attached hydrogens (primary N) is 1. The molecule has 0 spiro atoms. The van der Waals surface area contributed by atoms with Crippen molar-refractivity contribution in [3.63, 3.8) is 0 Å². The second-order valence-corrected chi connectivity index (χ2v) is 11.3. The van der Waals surface area contributed by atoms with E-state index in [0.29, 0.717) is 30.3 Å². The summed E-state index contributed by atoms with van der Waals surface area (Å²) in [5.74, 6) is 2.76. The standard InChI is InChI=1S/C23H29N5O3S2/c1-23(2,3)18-11-25-19(31-18)14-32-20-12-26-21(33-20)27-16-5-4-10-28(13-16)22(29)30-17-8-6-15(24)7-9-17/h6-9,11-12,16H,4-5,10,13-14,24H2,1-3H3,(H,26,27)/t16-/m1/s1. The van der Waals surface area contributed by atoms with Crippen LogP contribution < -0.4 is 15.8 Å². The highest BCUT2D eigenvalue weighted by Crippen LogP contribution is 2.32. The van der Waals surface area contributed by atoms with Crippen LogP contribution in [0.3, 0.4) is 0 Å². The van der Waals surface area contributed by atoms with Crippen LogP contribution >= 0.6 is 23.1 Å². The Morgan fingerprint density at radius 3 is 2.82 bits per heavy atom. The van der Waals surface area contributed by atoms with Gasteiger partial charge in [-0.15, -0.1) is 11.8 Å². The van der Waals surface area contributed by atoms with E-state index in [1.165, 1.54) is 0 Å². The summed E-state index contributed by atoms with van der Waals surface area (Å²) in [6.45, 7) is 7.57. The highest BCUT2D eigenvalue weighted by atomic mass is 32.2. The van der Waals surface area contributed by atoms with Crippen molar-refractivity contribution in [1.29, 1.82) is 0 Å². The van der Waals surface area contributed by atoms with Crippen LogP contribution in [-0.2, 0) is 11.2 Å². The minimum atomic E-state index is -0.345. The van der Waals surface area contributed by atoms with Crippen LogP contribution in [0.1, 0.15) is 45.3 Å². The Kier molecular flexibility index (Phi) is 7.14. The second-order valence-electron chi connectivity index (χ2n) is 9.01. The van der Waals surface area contributed by atoms with Gasteiger partial charge in [-0.3, -0.25) is 0 Å². The summed E-state index contributed by atoms with van der Waals surface area (Å²) in [7, 11) is 0. The van der Waals surface area contributed by atoms with Gasteiger partial charge in [0.25, 0.3) is 0 Å². The van der Waals surface area contributed by atoms with Gasteiger partial charge in [0.1, 0.15) is 11.5 Å². The molecule has 0 radical (unpaired) electrons. The van der Waals surface area contributed by atoms with Crippen LogP contribution in [0.25, 0.3) is 0 Å². The van der Waals surface area contributed by atoms with E-state index in [1.807, 2.05) is 12.4 Å². The van der Waals surface area contributed by atoms with Gasteiger partial charge in [-0.05, 0) is 37.1 Å². The molecule has 3 aromatic rings. The van der Waals surface area contributed by atoms with E-state index >= 15 is 0 Å². The van der Waals surface area contributed by atoms with Crippen molar-refractivity contribution in [3.05, 3.63) is 48.3 Å². The van der Waals surface area contributed by atoms with E-state index in [0.717, 1.165) is 33.8 Å². The first-order chi connectivity index (χ1) is 15.8. The molecular weight excluding hydrogens is 458 g/mol. The topological polar surface area (TPSA) is 107 Å². The average molecular weight is 488 g/mol. The third-order valence-corrected chi connectivity index (χ3v) is 7.32. The average Bonchev–Trinajstić information content (AvgIpc) is 3.43. The minimum Gasteiger partial charge on any atom is -0.444 e. The number of rotatable bonds is 6. The monoisotopic (exact) mass is 487 g/mol. The summed E-state index contributed by atoms with van der Waals surface area (Å²) in [5.41, 5.74) is 6.27. The van der Waals surface area contributed by atoms with Gasteiger partial charge in [0.05, 0.1) is 22.4 Å². The molecular formula is C23H29N5O3S2. The zero-order valence-corrected chi connectivity index (χ0v) is 20.7. The van der Waals surface area contributed by atoms with Crippen LogP contribution in [0.5, 0.6) is 5.75 Å². The van der Waals surface area contributed by atoms with Crippen molar-refractivity contribution < 1.29 is 13.9 Å². The summed E-state index contributed by atoms with van der Waals surface area (Å²) in [6, 6.07) is 6.95. The molecule has 0 saturated carbocycles. The number of hydrogen-bond donors (Lipinski definition) is 2. The van der Waals surface area contributed by atoms with Gasteiger partial charge in [-0.2, -0.15) is 0 Å². The van der Waals surface area contributed by atoms with Crippen molar-refractivity contribution in [2.24, 2.45) is 0 Å². The Labute approximate surface area is 201 Å². The van der Waals surface area contributed by atoms with Gasteiger partial charge in [0.15, 0.2) is 5.13 Å². The molecule has 1 atom stereocenters. The Hall–Kier alpha value is -2.72. The number of piperidine rings is 1. The smallest absolute Gasteiger partial charge is 0.415 e. The van der Waals surface area contributed by atoms with Gasteiger partial charge in [-0.1, -0.05) is 32.1 Å². The maximum Gasteiger partial charge on any atom is 0.415 e.